The van der Waals surface area contributed by atoms with Crippen molar-refractivity contribution in [3.05, 3.63) is 29.3 Å². The summed E-state index contributed by atoms with van der Waals surface area (Å²) in [5.74, 6) is 3.75. The molecule has 0 aromatic heterocycles. The van der Waals surface area contributed by atoms with Crippen LogP contribution < -0.4 is 11.2 Å². The van der Waals surface area contributed by atoms with Gasteiger partial charge in [-0.1, -0.05) is 0 Å². The number of carbonyl (C=O) groups is 1. The molecular formula is C12H12F3N3O3. The number of hydrogen-bond acceptors (Lipinski definition) is 5. The first-order valence-corrected chi connectivity index (χ1v) is 5.58. The third kappa shape index (κ3) is 4.16. The van der Waals surface area contributed by atoms with Crippen LogP contribution in [-0.4, -0.2) is 23.2 Å². The van der Waals surface area contributed by atoms with Gasteiger partial charge in [-0.2, -0.15) is 18.4 Å². The second-order valence-electron chi connectivity index (χ2n) is 4.41. The first-order valence-electron chi connectivity index (χ1n) is 5.58. The molecule has 0 saturated heterocycles. The summed E-state index contributed by atoms with van der Waals surface area (Å²) in [5.41, 5.74) is -3.99. The normalized spacial score (nSPS) is 14.1. The Labute approximate surface area is 117 Å². The molecule has 0 fully saturated rings. The van der Waals surface area contributed by atoms with E-state index in [4.69, 9.17) is 11.2 Å². The van der Waals surface area contributed by atoms with E-state index in [1.807, 2.05) is 0 Å². The van der Waals surface area contributed by atoms with Gasteiger partial charge in [-0.15, -0.1) is 0 Å². The molecule has 0 spiro atoms. The fourth-order valence-corrected chi connectivity index (χ4v) is 1.45. The largest absolute Gasteiger partial charge is 0.417 e. The van der Waals surface area contributed by atoms with E-state index >= 15 is 0 Å². The Balaban J connectivity index is 3.07. The Morgan fingerprint density at radius 1 is 1.52 bits per heavy atom. The third-order valence-electron chi connectivity index (χ3n) is 2.56. The van der Waals surface area contributed by atoms with Crippen molar-refractivity contribution in [3.8, 4) is 6.07 Å². The molecular weight excluding hydrogens is 291 g/mol. The van der Waals surface area contributed by atoms with Crippen molar-refractivity contribution in [3.63, 3.8) is 0 Å². The summed E-state index contributed by atoms with van der Waals surface area (Å²) in [6.07, 6.45) is -4.74. The zero-order chi connectivity index (χ0) is 16.3. The molecule has 114 valence electrons. The van der Waals surface area contributed by atoms with E-state index in [0.717, 1.165) is 19.1 Å². The maximum absolute atomic E-state index is 12.8. The van der Waals surface area contributed by atoms with E-state index in [1.165, 1.54) is 6.07 Å². The van der Waals surface area contributed by atoms with Crippen LogP contribution in [0, 0.1) is 11.3 Å². The number of halogens is 3. The molecule has 0 aliphatic carbocycles. The molecule has 1 unspecified atom stereocenters. The second-order valence-corrected chi connectivity index (χ2v) is 4.41. The molecule has 0 saturated carbocycles. The van der Waals surface area contributed by atoms with Gasteiger partial charge >= 0.3 is 6.18 Å². The summed E-state index contributed by atoms with van der Waals surface area (Å²) >= 11 is 0. The number of benzene rings is 1. The maximum atomic E-state index is 12.8. The molecule has 1 rings (SSSR count). The third-order valence-corrected chi connectivity index (χ3v) is 2.56. The minimum atomic E-state index is -4.74. The molecule has 21 heavy (non-hydrogen) atoms. The number of carbonyl (C=O) groups excluding carboxylic acids is 1. The zero-order valence-electron chi connectivity index (χ0n) is 10.9. The zero-order valence-corrected chi connectivity index (χ0v) is 10.9. The summed E-state index contributed by atoms with van der Waals surface area (Å²) in [6.45, 7) is 0.546. The number of nitrogens with one attached hydrogen (secondary N) is 1. The van der Waals surface area contributed by atoms with Crippen molar-refractivity contribution in [1.82, 2.24) is 0 Å². The van der Waals surface area contributed by atoms with Crippen LogP contribution in [0.2, 0.25) is 0 Å². The Morgan fingerprint density at radius 2 is 2.14 bits per heavy atom. The van der Waals surface area contributed by atoms with Gasteiger partial charge in [-0.25, -0.2) is 5.90 Å². The highest BCUT2D eigenvalue weighted by Gasteiger charge is 2.35. The number of hydrogen-bond donors (Lipinski definition) is 3. The lowest BCUT2D eigenvalue weighted by Gasteiger charge is -2.21. The average Bonchev–Trinajstić information content (AvgIpc) is 2.37. The molecule has 4 N–H and O–H groups in total. The predicted molar refractivity (Wildman–Crippen MR) is 65.6 cm³/mol. The maximum Gasteiger partial charge on any atom is 0.417 e. The standard InChI is InChI=1S/C12H12F3N3O3/c1-11(20,6-21-17)10(19)18-8-3-2-7(5-16)9(4-8)12(13,14)15/h2-4,20H,6,17H2,1H3,(H,18,19). The lowest BCUT2D eigenvalue weighted by atomic mass is 10.1. The molecule has 0 aliphatic rings. The van der Waals surface area contributed by atoms with Crippen LogP contribution in [-0.2, 0) is 15.8 Å². The van der Waals surface area contributed by atoms with Crippen molar-refractivity contribution in [2.75, 3.05) is 11.9 Å². The summed E-state index contributed by atoms with van der Waals surface area (Å²) in [4.78, 5) is 15.8. The van der Waals surface area contributed by atoms with Crippen LogP contribution in [0.1, 0.15) is 18.1 Å². The van der Waals surface area contributed by atoms with E-state index in [-0.39, 0.29) is 5.69 Å². The summed E-state index contributed by atoms with van der Waals surface area (Å²) in [5, 5.41) is 20.4. The summed E-state index contributed by atoms with van der Waals surface area (Å²) in [7, 11) is 0. The smallest absolute Gasteiger partial charge is 0.378 e. The van der Waals surface area contributed by atoms with Gasteiger partial charge in [0.25, 0.3) is 5.91 Å². The van der Waals surface area contributed by atoms with Gasteiger partial charge in [0, 0.05) is 5.69 Å². The van der Waals surface area contributed by atoms with Crippen molar-refractivity contribution < 1.29 is 27.9 Å². The summed E-state index contributed by atoms with van der Waals surface area (Å²) in [6, 6.07) is 4.06. The highest BCUT2D eigenvalue weighted by Crippen LogP contribution is 2.33. The number of nitriles is 1. The molecule has 1 atom stereocenters. The van der Waals surface area contributed by atoms with Crippen LogP contribution in [0.15, 0.2) is 18.2 Å². The minimum Gasteiger partial charge on any atom is -0.378 e. The highest BCUT2D eigenvalue weighted by molar-refractivity contribution is 5.97. The Morgan fingerprint density at radius 3 is 2.62 bits per heavy atom. The summed E-state index contributed by atoms with van der Waals surface area (Å²) < 4.78 is 38.3. The number of nitrogens with zero attached hydrogens (tertiary/aromatic N) is 1. The van der Waals surface area contributed by atoms with Gasteiger partial charge in [0.15, 0.2) is 5.60 Å². The number of alkyl halides is 3. The number of rotatable bonds is 4. The van der Waals surface area contributed by atoms with Crippen LogP contribution in [0.4, 0.5) is 18.9 Å². The van der Waals surface area contributed by atoms with Gasteiger partial charge in [-0.3, -0.25) is 4.79 Å². The quantitative estimate of drug-likeness (QED) is 0.723. The number of nitrogens with two attached hydrogens (primary N) is 1. The van der Waals surface area contributed by atoms with Crippen LogP contribution in [0.3, 0.4) is 0 Å². The Bertz CT molecular complexity index is 579. The average molecular weight is 303 g/mol. The number of anilines is 1. The van der Waals surface area contributed by atoms with E-state index in [9.17, 15) is 23.1 Å². The molecule has 0 heterocycles. The Kier molecular flexibility index (Phi) is 4.90. The predicted octanol–water partition coefficient (Wildman–Crippen LogP) is 1.16. The fraction of sp³-hybridized carbons (Fsp3) is 0.333. The van der Waals surface area contributed by atoms with E-state index < -0.39 is 35.4 Å². The lowest BCUT2D eigenvalue weighted by molar-refractivity contribution is -0.139. The molecule has 0 radical (unpaired) electrons. The first-order chi connectivity index (χ1) is 9.61. The van der Waals surface area contributed by atoms with E-state index in [0.29, 0.717) is 6.07 Å². The molecule has 6 nitrogen and oxygen atoms in total. The molecule has 1 aromatic carbocycles. The van der Waals surface area contributed by atoms with Crippen LogP contribution >= 0.6 is 0 Å². The SMILES string of the molecule is CC(O)(CON)C(=O)Nc1ccc(C#N)c(C(F)(F)F)c1. The van der Waals surface area contributed by atoms with Crippen molar-refractivity contribution >= 4 is 11.6 Å². The van der Waals surface area contributed by atoms with E-state index in [2.05, 4.69) is 10.2 Å². The van der Waals surface area contributed by atoms with Gasteiger partial charge in [0.1, 0.15) is 6.61 Å². The van der Waals surface area contributed by atoms with Crippen molar-refractivity contribution in [1.29, 1.82) is 5.26 Å². The molecule has 1 aromatic rings. The van der Waals surface area contributed by atoms with Gasteiger partial charge < -0.3 is 15.3 Å². The molecule has 9 heteroatoms. The van der Waals surface area contributed by atoms with Crippen molar-refractivity contribution in [2.45, 2.75) is 18.7 Å². The monoisotopic (exact) mass is 303 g/mol. The molecule has 0 bridgehead atoms. The lowest BCUT2D eigenvalue weighted by Crippen LogP contribution is -2.44. The second kappa shape index (κ2) is 6.09. The number of amides is 1. The molecule has 1 amide bonds. The van der Waals surface area contributed by atoms with Crippen molar-refractivity contribution in [2.24, 2.45) is 5.90 Å². The van der Waals surface area contributed by atoms with Gasteiger partial charge in [0.2, 0.25) is 0 Å². The highest BCUT2D eigenvalue weighted by atomic mass is 19.4. The first kappa shape index (κ1) is 16.9. The topological polar surface area (TPSA) is 108 Å². The van der Waals surface area contributed by atoms with Gasteiger partial charge in [0.05, 0.1) is 17.2 Å². The van der Waals surface area contributed by atoms with E-state index in [1.54, 1.807) is 0 Å². The minimum absolute atomic E-state index is 0.219. The van der Waals surface area contributed by atoms with Crippen LogP contribution in [0.5, 0.6) is 0 Å². The Hall–Kier alpha value is -2.15. The molecule has 0 aliphatic heterocycles. The van der Waals surface area contributed by atoms with Gasteiger partial charge in [-0.05, 0) is 25.1 Å². The number of aliphatic hydroxyl groups is 1. The van der Waals surface area contributed by atoms with Crippen LogP contribution in [0.25, 0.3) is 0 Å². The fourth-order valence-electron chi connectivity index (χ4n) is 1.45.